The number of nitrogens with zero attached hydrogens (tertiary/aromatic N) is 3. The fourth-order valence-electron chi connectivity index (χ4n) is 3.46. The Balaban J connectivity index is 1.36. The van der Waals surface area contributed by atoms with Gasteiger partial charge in [-0.15, -0.1) is 11.8 Å². The second-order valence-corrected chi connectivity index (χ2v) is 7.85. The highest BCUT2D eigenvalue weighted by Gasteiger charge is 2.34. The number of amides is 2. The maximum atomic E-state index is 12.4. The van der Waals surface area contributed by atoms with Crippen LogP contribution in [0.2, 0.25) is 0 Å². The molecule has 0 N–H and O–H groups in total. The molecule has 0 spiro atoms. The highest BCUT2D eigenvalue weighted by molar-refractivity contribution is 7.99. The van der Waals surface area contributed by atoms with Crippen molar-refractivity contribution >= 4 is 34.5 Å². The first-order chi connectivity index (χ1) is 14.6. The van der Waals surface area contributed by atoms with E-state index in [4.69, 9.17) is 9.47 Å². The lowest BCUT2D eigenvalue weighted by atomic mass is 10.1. The summed E-state index contributed by atoms with van der Waals surface area (Å²) >= 11 is 1.62. The Morgan fingerprint density at radius 3 is 2.27 bits per heavy atom. The third kappa shape index (κ3) is 3.70. The molecule has 0 atom stereocenters. The molecule has 2 amide bonds. The van der Waals surface area contributed by atoms with Crippen molar-refractivity contribution in [2.24, 2.45) is 0 Å². The van der Waals surface area contributed by atoms with Gasteiger partial charge in [0.25, 0.3) is 11.8 Å². The Morgan fingerprint density at radius 2 is 1.60 bits per heavy atom. The molecular weight excluding hydrogens is 402 g/mol. The molecule has 0 saturated carbocycles. The zero-order chi connectivity index (χ0) is 21.1. The number of aromatic nitrogens is 2. The van der Waals surface area contributed by atoms with Crippen LogP contribution in [-0.2, 0) is 0 Å². The minimum absolute atomic E-state index is 0.203. The molecule has 0 unspecified atom stereocenters. The van der Waals surface area contributed by atoms with E-state index in [0.29, 0.717) is 29.2 Å². The van der Waals surface area contributed by atoms with E-state index in [1.54, 1.807) is 50.2 Å². The van der Waals surface area contributed by atoms with Gasteiger partial charge in [0.1, 0.15) is 11.4 Å². The van der Waals surface area contributed by atoms with E-state index in [2.05, 4.69) is 9.97 Å². The van der Waals surface area contributed by atoms with Crippen molar-refractivity contribution < 1.29 is 19.1 Å². The summed E-state index contributed by atoms with van der Waals surface area (Å²) < 4.78 is 10.7. The third-order valence-electron chi connectivity index (χ3n) is 5.00. The molecule has 0 saturated heterocycles. The maximum absolute atomic E-state index is 12.4. The first kappa shape index (κ1) is 20.2. The van der Waals surface area contributed by atoms with E-state index in [9.17, 15) is 9.59 Å². The minimum Gasteiger partial charge on any atom is -0.493 e. The number of fused-ring (bicyclic) bond motifs is 2. The van der Waals surface area contributed by atoms with Crippen molar-refractivity contribution in [3.8, 4) is 11.5 Å². The summed E-state index contributed by atoms with van der Waals surface area (Å²) in [6, 6.07) is 10.7. The van der Waals surface area contributed by atoms with Crippen LogP contribution in [0.3, 0.4) is 0 Å². The Hall–Kier alpha value is -3.13. The number of carbonyl (C=O) groups excluding carboxylic acids is 2. The van der Waals surface area contributed by atoms with Crippen LogP contribution in [0.4, 0.5) is 0 Å². The molecule has 0 fully saturated rings. The SMILES string of the molecule is COc1cc2ncnc(SCCCCN3C(=O)c4ccccc4C3=O)c2cc1OC. The van der Waals surface area contributed by atoms with Crippen molar-refractivity contribution in [2.45, 2.75) is 17.9 Å². The van der Waals surface area contributed by atoms with Crippen molar-refractivity contribution in [1.82, 2.24) is 14.9 Å². The van der Waals surface area contributed by atoms with Crippen LogP contribution >= 0.6 is 11.8 Å². The lowest BCUT2D eigenvalue weighted by Gasteiger charge is -2.13. The number of hydrogen-bond donors (Lipinski definition) is 0. The summed E-state index contributed by atoms with van der Waals surface area (Å²) in [5.41, 5.74) is 1.78. The van der Waals surface area contributed by atoms with Gasteiger partial charge in [0.15, 0.2) is 11.5 Å². The standard InChI is InChI=1S/C22H21N3O4S/c1-28-18-11-16-17(12-19(18)29-2)23-13-24-20(16)30-10-6-5-9-25-21(26)14-7-3-4-8-15(14)22(25)27/h3-4,7-8,11-13H,5-6,9-10H2,1-2H3. The number of methoxy groups -OCH3 is 2. The van der Waals surface area contributed by atoms with E-state index in [0.717, 1.165) is 34.5 Å². The summed E-state index contributed by atoms with van der Waals surface area (Å²) in [4.78, 5) is 34.9. The van der Waals surface area contributed by atoms with Crippen LogP contribution in [0.25, 0.3) is 10.9 Å². The smallest absolute Gasteiger partial charge is 0.261 e. The highest BCUT2D eigenvalue weighted by atomic mass is 32.2. The molecule has 2 aromatic carbocycles. The quantitative estimate of drug-likeness (QED) is 0.236. The average Bonchev–Trinajstić information content (AvgIpc) is 3.02. The topological polar surface area (TPSA) is 81.6 Å². The van der Waals surface area contributed by atoms with Crippen molar-refractivity contribution in [3.63, 3.8) is 0 Å². The van der Waals surface area contributed by atoms with Crippen LogP contribution in [0, 0.1) is 0 Å². The van der Waals surface area contributed by atoms with Gasteiger partial charge >= 0.3 is 0 Å². The van der Waals surface area contributed by atoms with Crippen molar-refractivity contribution in [2.75, 3.05) is 26.5 Å². The highest BCUT2D eigenvalue weighted by Crippen LogP contribution is 2.35. The Labute approximate surface area is 178 Å². The first-order valence-electron chi connectivity index (χ1n) is 9.58. The number of thioether (sulfide) groups is 1. The molecule has 1 aliphatic heterocycles. The molecular formula is C22H21N3O4S. The molecule has 0 radical (unpaired) electrons. The fraction of sp³-hybridized carbons (Fsp3) is 0.273. The second-order valence-electron chi connectivity index (χ2n) is 6.77. The summed E-state index contributed by atoms with van der Waals surface area (Å²) in [7, 11) is 3.19. The molecule has 4 rings (SSSR count). The summed E-state index contributed by atoms with van der Waals surface area (Å²) in [5, 5.41) is 1.77. The van der Waals surface area contributed by atoms with Gasteiger partial charge in [0.05, 0.1) is 30.9 Å². The minimum atomic E-state index is -0.203. The fourth-order valence-corrected chi connectivity index (χ4v) is 4.44. The van der Waals surface area contributed by atoms with Crippen LogP contribution in [0.15, 0.2) is 47.8 Å². The number of rotatable bonds is 8. The molecule has 30 heavy (non-hydrogen) atoms. The number of carbonyl (C=O) groups is 2. The lowest BCUT2D eigenvalue weighted by Crippen LogP contribution is -2.30. The number of unbranched alkanes of at least 4 members (excludes halogenated alkanes) is 1. The van der Waals surface area contributed by atoms with Crippen LogP contribution in [-0.4, -0.2) is 53.2 Å². The van der Waals surface area contributed by atoms with E-state index in [1.165, 1.54) is 11.2 Å². The van der Waals surface area contributed by atoms with E-state index >= 15 is 0 Å². The van der Waals surface area contributed by atoms with Gasteiger partial charge in [-0.1, -0.05) is 12.1 Å². The summed E-state index contributed by atoms with van der Waals surface area (Å²) in [6.07, 6.45) is 3.12. The molecule has 2 heterocycles. The predicted molar refractivity (Wildman–Crippen MR) is 114 cm³/mol. The van der Waals surface area contributed by atoms with Crippen molar-refractivity contribution in [1.29, 1.82) is 0 Å². The summed E-state index contributed by atoms with van der Waals surface area (Å²) in [6.45, 7) is 0.419. The van der Waals surface area contributed by atoms with Crippen LogP contribution in [0.1, 0.15) is 33.6 Å². The number of hydrogen-bond acceptors (Lipinski definition) is 7. The van der Waals surface area contributed by atoms with Crippen LogP contribution in [0.5, 0.6) is 11.5 Å². The predicted octanol–water partition coefficient (Wildman–Crippen LogP) is 3.82. The van der Waals surface area contributed by atoms with Gasteiger partial charge < -0.3 is 9.47 Å². The normalized spacial score (nSPS) is 13.1. The maximum Gasteiger partial charge on any atom is 0.261 e. The van der Waals surface area contributed by atoms with Crippen LogP contribution < -0.4 is 9.47 Å². The third-order valence-corrected chi connectivity index (χ3v) is 6.09. The first-order valence-corrected chi connectivity index (χ1v) is 10.6. The van der Waals surface area contributed by atoms with E-state index < -0.39 is 0 Å². The van der Waals surface area contributed by atoms with Gasteiger partial charge in [0, 0.05) is 18.0 Å². The molecule has 0 aliphatic carbocycles. The number of ether oxygens (including phenoxy) is 2. The average molecular weight is 423 g/mol. The molecule has 1 aromatic heterocycles. The summed E-state index contributed by atoms with van der Waals surface area (Å²) in [5.74, 6) is 1.66. The number of benzene rings is 2. The Bertz CT molecular complexity index is 1080. The van der Waals surface area contributed by atoms with Gasteiger partial charge in [-0.3, -0.25) is 14.5 Å². The second kappa shape index (κ2) is 8.71. The molecule has 3 aromatic rings. The zero-order valence-electron chi connectivity index (χ0n) is 16.8. The van der Waals surface area contributed by atoms with Gasteiger partial charge in [-0.25, -0.2) is 9.97 Å². The molecule has 7 nitrogen and oxygen atoms in total. The lowest BCUT2D eigenvalue weighted by molar-refractivity contribution is 0.0652. The number of imide groups is 1. The monoisotopic (exact) mass is 423 g/mol. The molecule has 1 aliphatic rings. The largest absolute Gasteiger partial charge is 0.493 e. The zero-order valence-corrected chi connectivity index (χ0v) is 17.6. The van der Waals surface area contributed by atoms with Crippen molar-refractivity contribution in [3.05, 3.63) is 53.9 Å². The molecule has 154 valence electrons. The Kier molecular flexibility index (Phi) is 5.85. The van der Waals surface area contributed by atoms with E-state index in [-0.39, 0.29) is 11.8 Å². The van der Waals surface area contributed by atoms with Gasteiger partial charge in [-0.2, -0.15) is 0 Å². The van der Waals surface area contributed by atoms with E-state index in [1.807, 2.05) is 12.1 Å². The Morgan fingerprint density at radius 1 is 0.933 bits per heavy atom. The molecule has 8 heteroatoms. The van der Waals surface area contributed by atoms with Gasteiger partial charge in [-0.05, 0) is 36.8 Å². The van der Waals surface area contributed by atoms with Gasteiger partial charge in [0.2, 0.25) is 0 Å². The molecule has 0 bridgehead atoms.